The largest absolute Gasteiger partial charge is 0.317 e. The zero-order chi connectivity index (χ0) is 12.0. The summed E-state index contributed by atoms with van der Waals surface area (Å²) in [5.41, 5.74) is 2.80. The lowest BCUT2D eigenvalue weighted by Crippen LogP contribution is -2.27. The van der Waals surface area contributed by atoms with Crippen molar-refractivity contribution in [2.24, 2.45) is 5.92 Å². The number of hydrogen-bond donors (Lipinski definition) is 1. The van der Waals surface area contributed by atoms with E-state index in [1.54, 1.807) is 0 Å². The average molecular weight is 219 g/mol. The minimum absolute atomic E-state index is 0.654. The maximum absolute atomic E-state index is 3.42. The van der Waals surface area contributed by atoms with E-state index >= 15 is 0 Å². The minimum Gasteiger partial charge on any atom is -0.317 e. The van der Waals surface area contributed by atoms with Gasteiger partial charge in [0.1, 0.15) is 0 Å². The molecule has 0 heterocycles. The molecule has 0 radical (unpaired) electrons. The van der Waals surface area contributed by atoms with Crippen molar-refractivity contribution in [1.29, 1.82) is 0 Å². The van der Waals surface area contributed by atoms with Crippen molar-refractivity contribution in [2.45, 2.75) is 46.1 Å². The van der Waals surface area contributed by atoms with Crippen LogP contribution in [-0.2, 0) is 6.42 Å². The first-order chi connectivity index (χ1) is 7.61. The quantitative estimate of drug-likeness (QED) is 0.771. The van der Waals surface area contributed by atoms with Gasteiger partial charge in [-0.15, -0.1) is 0 Å². The molecule has 16 heavy (non-hydrogen) atoms. The molecule has 1 rings (SSSR count). The van der Waals surface area contributed by atoms with Crippen LogP contribution in [0.15, 0.2) is 24.3 Å². The Hall–Kier alpha value is -0.820. The Morgan fingerprint density at radius 1 is 1.12 bits per heavy atom. The predicted octanol–water partition coefficient (Wildman–Crippen LogP) is 3.56. The SMILES string of the molecule is CNC(CCc1ccc(C)cc1)CC(C)C. The van der Waals surface area contributed by atoms with Gasteiger partial charge in [0.15, 0.2) is 0 Å². The third-order valence-corrected chi connectivity index (χ3v) is 3.07. The Morgan fingerprint density at radius 3 is 2.25 bits per heavy atom. The highest BCUT2D eigenvalue weighted by atomic mass is 14.9. The molecular formula is C15H25N. The summed E-state index contributed by atoms with van der Waals surface area (Å²) in [5, 5.41) is 3.42. The monoisotopic (exact) mass is 219 g/mol. The van der Waals surface area contributed by atoms with Gasteiger partial charge in [0.2, 0.25) is 0 Å². The summed E-state index contributed by atoms with van der Waals surface area (Å²) >= 11 is 0. The molecule has 1 atom stereocenters. The highest BCUT2D eigenvalue weighted by Gasteiger charge is 2.08. The summed E-state index contributed by atoms with van der Waals surface area (Å²) in [4.78, 5) is 0. The van der Waals surface area contributed by atoms with E-state index in [0.29, 0.717) is 6.04 Å². The molecule has 90 valence electrons. The van der Waals surface area contributed by atoms with Crippen molar-refractivity contribution < 1.29 is 0 Å². The first kappa shape index (κ1) is 13.2. The fraction of sp³-hybridized carbons (Fsp3) is 0.600. The van der Waals surface area contributed by atoms with Crippen LogP contribution in [0.4, 0.5) is 0 Å². The van der Waals surface area contributed by atoms with Gasteiger partial charge in [0, 0.05) is 6.04 Å². The van der Waals surface area contributed by atoms with Crippen molar-refractivity contribution in [3.05, 3.63) is 35.4 Å². The van der Waals surface area contributed by atoms with Gasteiger partial charge in [-0.2, -0.15) is 0 Å². The topological polar surface area (TPSA) is 12.0 Å². The summed E-state index contributed by atoms with van der Waals surface area (Å²) in [5.74, 6) is 0.774. The number of hydrogen-bond acceptors (Lipinski definition) is 1. The van der Waals surface area contributed by atoms with Crippen molar-refractivity contribution in [3.63, 3.8) is 0 Å². The third kappa shape index (κ3) is 4.80. The molecule has 1 aromatic carbocycles. The number of benzene rings is 1. The number of rotatable bonds is 6. The maximum atomic E-state index is 3.42. The molecule has 0 saturated carbocycles. The molecule has 0 amide bonds. The number of nitrogens with one attached hydrogen (secondary N) is 1. The van der Waals surface area contributed by atoms with Crippen LogP contribution in [-0.4, -0.2) is 13.1 Å². The van der Waals surface area contributed by atoms with Crippen LogP contribution in [0, 0.1) is 12.8 Å². The van der Waals surface area contributed by atoms with Crippen LogP contribution in [0.2, 0.25) is 0 Å². The average Bonchev–Trinajstić information content (AvgIpc) is 2.26. The fourth-order valence-electron chi connectivity index (χ4n) is 2.04. The van der Waals surface area contributed by atoms with Gasteiger partial charge in [-0.25, -0.2) is 0 Å². The molecular weight excluding hydrogens is 194 g/mol. The molecule has 0 aliphatic heterocycles. The molecule has 0 aliphatic carbocycles. The van der Waals surface area contributed by atoms with Gasteiger partial charge in [-0.05, 0) is 44.7 Å². The van der Waals surface area contributed by atoms with Crippen LogP contribution >= 0.6 is 0 Å². The third-order valence-electron chi connectivity index (χ3n) is 3.07. The van der Waals surface area contributed by atoms with Gasteiger partial charge in [-0.1, -0.05) is 43.7 Å². The van der Waals surface area contributed by atoms with Crippen LogP contribution in [0.5, 0.6) is 0 Å². The van der Waals surface area contributed by atoms with Crippen LogP contribution in [0.3, 0.4) is 0 Å². The Bertz CT molecular complexity index is 287. The van der Waals surface area contributed by atoms with E-state index in [-0.39, 0.29) is 0 Å². The predicted molar refractivity (Wildman–Crippen MR) is 71.8 cm³/mol. The van der Waals surface area contributed by atoms with E-state index in [1.807, 2.05) is 0 Å². The molecule has 0 saturated heterocycles. The maximum Gasteiger partial charge on any atom is 0.00696 e. The van der Waals surface area contributed by atoms with Gasteiger partial charge in [0.05, 0.1) is 0 Å². The molecule has 0 aromatic heterocycles. The lowest BCUT2D eigenvalue weighted by atomic mass is 9.97. The molecule has 1 aromatic rings. The van der Waals surface area contributed by atoms with Crippen molar-refractivity contribution in [3.8, 4) is 0 Å². The second-order valence-electron chi connectivity index (χ2n) is 5.14. The van der Waals surface area contributed by atoms with Gasteiger partial charge in [0.25, 0.3) is 0 Å². The lowest BCUT2D eigenvalue weighted by Gasteiger charge is -2.18. The molecule has 1 unspecified atom stereocenters. The molecule has 1 heteroatoms. The Kier molecular flexibility index (Phi) is 5.54. The number of aryl methyl sites for hydroxylation is 2. The summed E-state index contributed by atoms with van der Waals surface area (Å²) in [7, 11) is 2.07. The van der Waals surface area contributed by atoms with Gasteiger partial charge in [-0.3, -0.25) is 0 Å². The normalized spacial score (nSPS) is 13.1. The first-order valence-electron chi connectivity index (χ1n) is 6.34. The Morgan fingerprint density at radius 2 is 1.75 bits per heavy atom. The van der Waals surface area contributed by atoms with E-state index in [1.165, 1.54) is 30.4 Å². The molecule has 1 N–H and O–H groups in total. The molecule has 0 spiro atoms. The van der Waals surface area contributed by atoms with Gasteiger partial charge >= 0.3 is 0 Å². The zero-order valence-corrected chi connectivity index (χ0v) is 11.1. The standard InChI is InChI=1S/C15H25N/c1-12(2)11-15(16-4)10-9-14-7-5-13(3)6-8-14/h5-8,12,15-16H,9-11H2,1-4H3. The van der Waals surface area contributed by atoms with Gasteiger partial charge < -0.3 is 5.32 Å². The van der Waals surface area contributed by atoms with Crippen molar-refractivity contribution in [2.75, 3.05) is 7.05 Å². The summed E-state index contributed by atoms with van der Waals surface area (Å²) in [6, 6.07) is 9.55. The van der Waals surface area contributed by atoms with E-state index < -0.39 is 0 Å². The smallest absolute Gasteiger partial charge is 0.00696 e. The van der Waals surface area contributed by atoms with E-state index in [2.05, 4.69) is 57.4 Å². The van der Waals surface area contributed by atoms with Crippen LogP contribution < -0.4 is 5.32 Å². The Labute approximate surface area is 100 Å². The van der Waals surface area contributed by atoms with Crippen LogP contribution in [0.1, 0.15) is 37.8 Å². The molecule has 0 aliphatic rings. The van der Waals surface area contributed by atoms with E-state index in [4.69, 9.17) is 0 Å². The second-order valence-corrected chi connectivity index (χ2v) is 5.14. The van der Waals surface area contributed by atoms with E-state index in [0.717, 1.165) is 5.92 Å². The molecule has 0 bridgehead atoms. The summed E-state index contributed by atoms with van der Waals surface area (Å²) < 4.78 is 0. The minimum atomic E-state index is 0.654. The summed E-state index contributed by atoms with van der Waals surface area (Å²) in [6.45, 7) is 6.71. The van der Waals surface area contributed by atoms with Crippen molar-refractivity contribution in [1.82, 2.24) is 5.32 Å². The first-order valence-corrected chi connectivity index (χ1v) is 6.34. The fourth-order valence-corrected chi connectivity index (χ4v) is 2.04. The van der Waals surface area contributed by atoms with E-state index in [9.17, 15) is 0 Å². The lowest BCUT2D eigenvalue weighted by molar-refractivity contribution is 0.422. The molecule has 0 fully saturated rings. The highest BCUT2D eigenvalue weighted by molar-refractivity contribution is 5.21. The zero-order valence-electron chi connectivity index (χ0n) is 11.1. The Balaban J connectivity index is 2.40. The van der Waals surface area contributed by atoms with Crippen molar-refractivity contribution >= 4 is 0 Å². The summed E-state index contributed by atoms with van der Waals surface area (Å²) in [6.07, 6.45) is 3.68. The highest BCUT2D eigenvalue weighted by Crippen LogP contribution is 2.12. The van der Waals surface area contributed by atoms with Crippen LogP contribution in [0.25, 0.3) is 0 Å². The molecule has 1 nitrogen and oxygen atoms in total. The second kappa shape index (κ2) is 6.70.